The standard InChI is InChI=1S/C14H20N2O/c1-14(2,11-15)16(3)10-9-12-5-7-13(17-4)8-6-12/h5-8H,9-10H2,1-4H3. The first-order valence-corrected chi connectivity index (χ1v) is 5.75. The van der Waals surface area contributed by atoms with Crippen LogP contribution in [0, 0.1) is 11.3 Å². The summed E-state index contributed by atoms with van der Waals surface area (Å²) < 4.78 is 5.11. The monoisotopic (exact) mass is 232 g/mol. The number of nitriles is 1. The molecule has 0 aromatic heterocycles. The first-order chi connectivity index (χ1) is 7.99. The zero-order chi connectivity index (χ0) is 12.9. The number of hydrogen-bond donors (Lipinski definition) is 0. The van der Waals surface area contributed by atoms with Gasteiger partial charge in [-0.1, -0.05) is 12.1 Å². The third kappa shape index (κ3) is 3.76. The van der Waals surface area contributed by atoms with Gasteiger partial charge in [0.1, 0.15) is 11.3 Å². The van der Waals surface area contributed by atoms with E-state index in [0.717, 1.165) is 18.7 Å². The summed E-state index contributed by atoms with van der Waals surface area (Å²) in [4.78, 5) is 2.07. The highest BCUT2D eigenvalue weighted by Crippen LogP contribution is 2.14. The van der Waals surface area contributed by atoms with Crippen molar-refractivity contribution in [3.63, 3.8) is 0 Å². The lowest BCUT2D eigenvalue weighted by molar-refractivity contribution is 0.214. The Balaban J connectivity index is 2.53. The van der Waals surface area contributed by atoms with Crippen molar-refractivity contribution < 1.29 is 4.74 Å². The molecule has 0 bridgehead atoms. The molecule has 0 aliphatic carbocycles. The first-order valence-electron chi connectivity index (χ1n) is 5.75. The average molecular weight is 232 g/mol. The molecule has 0 radical (unpaired) electrons. The van der Waals surface area contributed by atoms with Gasteiger partial charge in [0.05, 0.1) is 13.2 Å². The van der Waals surface area contributed by atoms with Crippen LogP contribution in [0.2, 0.25) is 0 Å². The lowest BCUT2D eigenvalue weighted by Gasteiger charge is -2.28. The molecule has 3 heteroatoms. The number of rotatable bonds is 5. The smallest absolute Gasteiger partial charge is 0.118 e. The normalized spacial score (nSPS) is 11.3. The third-order valence-electron chi connectivity index (χ3n) is 3.12. The predicted octanol–water partition coefficient (Wildman–Crippen LogP) is 2.47. The van der Waals surface area contributed by atoms with E-state index in [1.165, 1.54) is 5.56 Å². The van der Waals surface area contributed by atoms with E-state index in [2.05, 4.69) is 23.1 Å². The van der Waals surface area contributed by atoms with Crippen molar-refractivity contribution in [1.82, 2.24) is 4.90 Å². The second-order valence-electron chi connectivity index (χ2n) is 4.69. The molecule has 3 nitrogen and oxygen atoms in total. The summed E-state index contributed by atoms with van der Waals surface area (Å²) in [5.41, 5.74) is 0.846. The highest BCUT2D eigenvalue weighted by molar-refractivity contribution is 5.27. The average Bonchev–Trinajstić information content (AvgIpc) is 2.36. The van der Waals surface area contributed by atoms with Crippen LogP contribution in [-0.4, -0.2) is 31.1 Å². The maximum absolute atomic E-state index is 9.02. The van der Waals surface area contributed by atoms with Gasteiger partial charge in [0.15, 0.2) is 0 Å². The topological polar surface area (TPSA) is 36.3 Å². The van der Waals surface area contributed by atoms with Crippen molar-refractivity contribution in [3.05, 3.63) is 29.8 Å². The Bertz CT molecular complexity index is 390. The van der Waals surface area contributed by atoms with Gasteiger partial charge in [-0.05, 0) is 45.0 Å². The second-order valence-corrected chi connectivity index (χ2v) is 4.69. The van der Waals surface area contributed by atoms with E-state index in [-0.39, 0.29) is 0 Å². The van der Waals surface area contributed by atoms with E-state index in [1.54, 1.807) is 7.11 Å². The number of nitrogens with zero attached hydrogens (tertiary/aromatic N) is 2. The van der Waals surface area contributed by atoms with Gasteiger partial charge >= 0.3 is 0 Å². The molecule has 0 heterocycles. The molecule has 1 aromatic carbocycles. The van der Waals surface area contributed by atoms with E-state index in [0.29, 0.717) is 0 Å². The Morgan fingerprint density at radius 2 is 1.88 bits per heavy atom. The molecule has 17 heavy (non-hydrogen) atoms. The van der Waals surface area contributed by atoms with Gasteiger partial charge in [-0.15, -0.1) is 0 Å². The van der Waals surface area contributed by atoms with Gasteiger partial charge in [0, 0.05) is 6.54 Å². The van der Waals surface area contributed by atoms with Crippen molar-refractivity contribution >= 4 is 0 Å². The van der Waals surface area contributed by atoms with E-state index >= 15 is 0 Å². The molecule has 0 aliphatic rings. The summed E-state index contributed by atoms with van der Waals surface area (Å²) >= 11 is 0. The lowest BCUT2D eigenvalue weighted by atomic mass is 10.0. The molecular weight excluding hydrogens is 212 g/mol. The molecule has 0 saturated heterocycles. The molecule has 1 rings (SSSR count). The van der Waals surface area contributed by atoms with Crippen molar-refractivity contribution in [2.24, 2.45) is 0 Å². The van der Waals surface area contributed by atoms with Crippen LogP contribution in [0.4, 0.5) is 0 Å². The molecule has 0 saturated carbocycles. The van der Waals surface area contributed by atoms with Gasteiger partial charge in [-0.2, -0.15) is 5.26 Å². The second kappa shape index (κ2) is 5.70. The van der Waals surface area contributed by atoms with E-state index in [9.17, 15) is 0 Å². The number of benzene rings is 1. The summed E-state index contributed by atoms with van der Waals surface area (Å²) in [6, 6.07) is 10.4. The number of ether oxygens (including phenoxy) is 1. The van der Waals surface area contributed by atoms with Gasteiger partial charge in [-0.25, -0.2) is 0 Å². The summed E-state index contributed by atoms with van der Waals surface area (Å²) in [6.07, 6.45) is 0.936. The molecule has 92 valence electrons. The first kappa shape index (κ1) is 13.5. The van der Waals surface area contributed by atoms with Crippen LogP contribution < -0.4 is 4.74 Å². The zero-order valence-corrected chi connectivity index (χ0v) is 11.0. The highest BCUT2D eigenvalue weighted by Gasteiger charge is 2.21. The largest absolute Gasteiger partial charge is 0.497 e. The van der Waals surface area contributed by atoms with E-state index in [4.69, 9.17) is 10.00 Å². The van der Waals surface area contributed by atoms with Crippen LogP contribution in [0.25, 0.3) is 0 Å². The van der Waals surface area contributed by atoms with Crippen molar-refractivity contribution in [2.75, 3.05) is 20.7 Å². The molecule has 0 atom stereocenters. The summed E-state index contributed by atoms with van der Waals surface area (Å²) in [6.45, 7) is 4.73. The van der Waals surface area contributed by atoms with E-state index < -0.39 is 5.54 Å². The predicted molar refractivity (Wildman–Crippen MR) is 69.0 cm³/mol. The third-order valence-corrected chi connectivity index (χ3v) is 3.12. The minimum atomic E-state index is -0.410. The van der Waals surface area contributed by atoms with Gasteiger partial charge in [-0.3, -0.25) is 4.90 Å². The van der Waals surface area contributed by atoms with Crippen LogP contribution in [0.5, 0.6) is 5.75 Å². The minimum absolute atomic E-state index is 0.410. The molecule has 0 fully saturated rings. The summed E-state index contributed by atoms with van der Waals surface area (Å²) in [7, 11) is 3.64. The minimum Gasteiger partial charge on any atom is -0.497 e. The Kier molecular flexibility index (Phi) is 4.53. The molecule has 1 aromatic rings. The maximum atomic E-state index is 9.02. The summed E-state index contributed by atoms with van der Waals surface area (Å²) in [5.74, 6) is 0.874. The molecule has 0 aliphatic heterocycles. The van der Waals surface area contributed by atoms with Crippen molar-refractivity contribution in [3.8, 4) is 11.8 Å². The van der Waals surface area contributed by atoms with Gasteiger partial charge in [0.25, 0.3) is 0 Å². The van der Waals surface area contributed by atoms with Crippen LogP contribution in [0.3, 0.4) is 0 Å². The molecule has 0 N–H and O–H groups in total. The van der Waals surface area contributed by atoms with Gasteiger partial charge < -0.3 is 4.74 Å². The van der Waals surface area contributed by atoms with Crippen LogP contribution >= 0.6 is 0 Å². The molecule has 0 amide bonds. The zero-order valence-electron chi connectivity index (χ0n) is 11.0. The number of likely N-dealkylation sites (N-methyl/N-ethyl adjacent to an activating group) is 1. The maximum Gasteiger partial charge on any atom is 0.118 e. The van der Waals surface area contributed by atoms with Crippen molar-refractivity contribution in [1.29, 1.82) is 5.26 Å². The van der Waals surface area contributed by atoms with Gasteiger partial charge in [0.2, 0.25) is 0 Å². The fraction of sp³-hybridized carbons (Fsp3) is 0.500. The van der Waals surface area contributed by atoms with Crippen LogP contribution in [0.1, 0.15) is 19.4 Å². The van der Waals surface area contributed by atoms with Crippen LogP contribution in [-0.2, 0) is 6.42 Å². The fourth-order valence-corrected chi connectivity index (χ4v) is 1.45. The Hall–Kier alpha value is -1.53. The summed E-state index contributed by atoms with van der Waals surface area (Å²) in [5, 5.41) is 9.02. The Morgan fingerprint density at radius 1 is 1.29 bits per heavy atom. The van der Waals surface area contributed by atoms with Crippen LogP contribution in [0.15, 0.2) is 24.3 Å². The highest BCUT2D eigenvalue weighted by atomic mass is 16.5. The van der Waals surface area contributed by atoms with Crippen molar-refractivity contribution in [2.45, 2.75) is 25.8 Å². The Morgan fingerprint density at radius 3 is 2.35 bits per heavy atom. The SMILES string of the molecule is COc1ccc(CCN(C)C(C)(C)C#N)cc1. The Labute approximate surface area is 104 Å². The molecular formula is C14H20N2O. The quantitative estimate of drug-likeness (QED) is 0.782. The fourth-order valence-electron chi connectivity index (χ4n) is 1.45. The van der Waals surface area contributed by atoms with E-state index in [1.807, 2.05) is 33.0 Å². The lowest BCUT2D eigenvalue weighted by Crippen LogP contribution is -2.40. The number of hydrogen-bond acceptors (Lipinski definition) is 3. The molecule has 0 unspecified atom stereocenters. The number of methoxy groups -OCH3 is 1. The molecule has 0 spiro atoms.